The number of sulfonamides is 1. The number of anilines is 1. The van der Waals surface area contributed by atoms with Gasteiger partial charge in [-0.2, -0.15) is 0 Å². The van der Waals surface area contributed by atoms with E-state index in [9.17, 15) is 8.42 Å². The zero-order valence-electron chi connectivity index (χ0n) is 17.3. The number of hydrogen-bond donors (Lipinski definition) is 2. The Kier molecular flexibility index (Phi) is 6.76. The van der Waals surface area contributed by atoms with E-state index in [4.69, 9.17) is 28.9 Å². The molecule has 0 aliphatic rings. The Labute approximate surface area is 197 Å². The van der Waals surface area contributed by atoms with Crippen LogP contribution in [0.2, 0.25) is 10.0 Å². The molecule has 0 spiro atoms. The number of aryl methyl sites for hydroxylation is 1. The number of aromatic nitrogens is 1. The third-order valence-electron chi connectivity index (χ3n) is 5.30. The van der Waals surface area contributed by atoms with Gasteiger partial charge >= 0.3 is 0 Å². The molecule has 0 saturated heterocycles. The number of rotatable bonds is 8. The van der Waals surface area contributed by atoms with Gasteiger partial charge in [0.2, 0.25) is 10.0 Å². The Morgan fingerprint density at radius 1 is 0.938 bits per heavy atom. The molecule has 0 fully saturated rings. The van der Waals surface area contributed by atoms with E-state index in [0.29, 0.717) is 11.4 Å². The van der Waals surface area contributed by atoms with Crippen molar-refractivity contribution in [1.29, 1.82) is 0 Å². The van der Waals surface area contributed by atoms with Crippen molar-refractivity contribution < 1.29 is 8.42 Å². The van der Waals surface area contributed by atoms with Gasteiger partial charge in [-0.15, -0.1) is 0 Å². The smallest absolute Gasteiger partial charge is 0.244 e. The minimum atomic E-state index is -3.82. The Morgan fingerprint density at radius 2 is 1.66 bits per heavy atom. The van der Waals surface area contributed by atoms with Crippen LogP contribution in [-0.2, 0) is 16.6 Å². The first-order valence-electron chi connectivity index (χ1n) is 10.2. The molecule has 4 rings (SSSR count). The summed E-state index contributed by atoms with van der Waals surface area (Å²) in [5, 5.41) is 1.50. The summed E-state index contributed by atoms with van der Waals surface area (Å²) in [4.78, 5) is -0.132. The van der Waals surface area contributed by atoms with Gasteiger partial charge in [-0.1, -0.05) is 71.7 Å². The van der Waals surface area contributed by atoms with E-state index < -0.39 is 10.0 Å². The van der Waals surface area contributed by atoms with Gasteiger partial charge in [0.15, 0.2) is 0 Å². The molecule has 0 unspecified atom stereocenters. The highest BCUT2D eigenvalue weighted by Crippen LogP contribution is 2.32. The first-order chi connectivity index (χ1) is 15.4. The van der Waals surface area contributed by atoms with Gasteiger partial charge in [-0.3, -0.25) is 0 Å². The maximum absolute atomic E-state index is 12.6. The predicted octanol–water partition coefficient (Wildman–Crippen LogP) is 5.96. The van der Waals surface area contributed by atoms with E-state index in [1.807, 2.05) is 30.3 Å². The molecule has 0 amide bonds. The summed E-state index contributed by atoms with van der Waals surface area (Å²) in [6.07, 6.45) is 3.63. The van der Waals surface area contributed by atoms with Crippen LogP contribution in [0, 0.1) is 0 Å². The molecule has 8 heteroatoms. The molecule has 5 nitrogen and oxygen atoms in total. The van der Waals surface area contributed by atoms with Crippen molar-refractivity contribution in [3.63, 3.8) is 0 Å². The molecule has 4 aromatic rings. The molecule has 1 aromatic heterocycles. The van der Waals surface area contributed by atoms with Crippen LogP contribution in [-0.4, -0.2) is 19.5 Å². The number of nitrogens with zero attached hydrogens (tertiary/aromatic N) is 1. The molecule has 3 aromatic carbocycles. The summed E-state index contributed by atoms with van der Waals surface area (Å²) in [5.74, 6) is 0. The van der Waals surface area contributed by atoms with E-state index in [-0.39, 0.29) is 22.2 Å². The number of hydrogen-bond acceptors (Lipinski definition) is 3. The highest BCUT2D eigenvalue weighted by atomic mass is 35.5. The minimum absolute atomic E-state index is 0.00903. The zero-order valence-corrected chi connectivity index (χ0v) is 19.6. The Hall–Kier alpha value is -2.51. The Balaban J connectivity index is 1.42. The molecule has 0 radical (unpaired) electrons. The first-order valence-corrected chi connectivity index (χ1v) is 12.5. The normalized spacial score (nSPS) is 11.8. The molecular weight excluding hydrogens is 465 g/mol. The fourth-order valence-corrected chi connectivity index (χ4v) is 5.89. The van der Waals surface area contributed by atoms with Gasteiger partial charge < -0.3 is 10.3 Å². The molecule has 0 bridgehead atoms. The van der Waals surface area contributed by atoms with Crippen LogP contribution in [0.25, 0.3) is 22.0 Å². The topological polar surface area (TPSA) is 77.1 Å². The van der Waals surface area contributed by atoms with E-state index in [2.05, 4.69) is 39.8 Å². The van der Waals surface area contributed by atoms with Gasteiger partial charge in [0, 0.05) is 40.8 Å². The zero-order chi connectivity index (χ0) is 22.7. The van der Waals surface area contributed by atoms with Crippen LogP contribution < -0.4 is 10.5 Å². The van der Waals surface area contributed by atoms with Crippen LogP contribution in [0.1, 0.15) is 12.8 Å². The largest absolute Gasteiger partial charge is 0.398 e. The summed E-state index contributed by atoms with van der Waals surface area (Å²) in [6.45, 7) is 1.06. The Morgan fingerprint density at radius 3 is 2.41 bits per heavy atom. The lowest BCUT2D eigenvalue weighted by Crippen LogP contribution is -2.26. The molecule has 3 N–H and O–H groups in total. The number of para-hydroxylation sites is 1. The number of nitrogens with two attached hydrogens (primary N) is 1. The highest BCUT2D eigenvalue weighted by molar-refractivity contribution is 7.89. The summed E-state index contributed by atoms with van der Waals surface area (Å²) >= 11 is 11.9. The molecule has 0 aliphatic carbocycles. The quantitative estimate of drug-likeness (QED) is 0.238. The fraction of sp³-hybridized carbons (Fsp3) is 0.167. The van der Waals surface area contributed by atoms with Crippen molar-refractivity contribution in [3.8, 4) is 11.1 Å². The number of halogens is 2. The van der Waals surface area contributed by atoms with E-state index in [1.165, 1.54) is 28.6 Å². The van der Waals surface area contributed by atoms with Crippen LogP contribution in [0.3, 0.4) is 0 Å². The summed E-state index contributed by atoms with van der Waals surface area (Å²) in [5.41, 5.74) is 9.38. The van der Waals surface area contributed by atoms with Crippen LogP contribution in [0.5, 0.6) is 0 Å². The summed E-state index contributed by atoms with van der Waals surface area (Å²) in [7, 11) is -3.82. The van der Waals surface area contributed by atoms with Gasteiger partial charge in [-0.05, 0) is 36.6 Å². The fourth-order valence-electron chi connectivity index (χ4n) is 3.83. The summed E-state index contributed by atoms with van der Waals surface area (Å²) < 4.78 is 30.1. The van der Waals surface area contributed by atoms with Crippen molar-refractivity contribution in [3.05, 3.63) is 83.0 Å². The average molecular weight is 488 g/mol. The average Bonchev–Trinajstić information content (AvgIpc) is 3.12. The number of benzene rings is 3. The highest BCUT2D eigenvalue weighted by Gasteiger charge is 2.21. The van der Waals surface area contributed by atoms with Crippen molar-refractivity contribution >= 4 is 49.8 Å². The maximum atomic E-state index is 12.6. The SMILES string of the molecule is Nc1cc(Cl)cc(Cl)c1S(=O)(=O)NCCCCn1cc(-c2ccccc2)c2ccccc21. The van der Waals surface area contributed by atoms with Crippen LogP contribution in [0.4, 0.5) is 5.69 Å². The van der Waals surface area contributed by atoms with Gasteiger partial charge in [0.25, 0.3) is 0 Å². The Bertz CT molecular complexity index is 1330. The predicted molar refractivity (Wildman–Crippen MR) is 133 cm³/mol. The lowest BCUT2D eigenvalue weighted by atomic mass is 10.1. The number of nitrogen functional groups attached to an aromatic ring is 1. The van der Waals surface area contributed by atoms with Crippen molar-refractivity contribution in [2.75, 3.05) is 12.3 Å². The van der Waals surface area contributed by atoms with Crippen molar-refractivity contribution in [2.45, 2.75) is 24.3 Å². The van der Waals surface area contributed by atoms with Crippen LogP contribution in [0.15, 0.2) is 77.8 Å². The van der Waals surface area contributed by atoms with Gasteiger partial charge in [0.05, 0.1) is 10.7 Å². The number of unbranched alkanes of at least 4 members (excludes halogenated alkanes) is 1. The number of nitrogens with one attached hydrogen (secondary N) is 1. The molecule has 166 valence electrons. The second-order valence-electron chi connectivity index (χ2n) is 7.53. The molecular formula is C24H23Cl2N3O2S. The monoisotopic (exact) mass is 487 g/mol. The summed E-state index contributed by atoms with van der Waals surface area (Å²) in [6, 6.07) is 21.3. The second-order valence-corrected chi connectivity index (χ2v) is 10.1. The van der Waals surface area contributed by atoms with Crippen molar-refractivity contribution in [1.82, 2.24) is 9.29 Å². The molecule has 0 atom stereocenters. The molecule has 0 saturated carbocycles. The molecule has 1 heterocycles. The molecule has 32 heavy (non-hydrogen) atoms. The first kappa shape index (κ1) is 22.7. The lowest BCUT2D eigenvalue weighted by molar-refractivity contribution is 0.569. The lowest BCUT2D eigenvalue weighted by Gasteiger charge is -2.11. The van der Waals surface area contributed by atoms with E-state index in [0.717, 1.165) is 18.5 Å². The van der Waals surface area contributed by atoms with Gasteiger partial charge in [0.1, 0.15) is 4.90 Å². The van der Waals surface area contributed by atoms with Gasteiger partial charge in [-0.25, -0.2) is 13.1 Å². The van der Waals surface area contributed by atoms with Crippen LogP contribution >= 0.6 is 23.2 Å². The standard InChI is InChI=1S/C24H23Cl2N3O2S/c25-18-14-21(26)24(22(27)15-18)32(30,31)28-12-6-7-13-29-16-20(17-8-2-1-3-9-17)19-10-4-5-11-23(19)29/h1-5,8-11,14-16,28H,6-7,12-13,27H2. The third-order valence-corrected chi connectivity index (χ3v) is 7.50. The van der Waals surface area contributed by atoms with E-state index in [1.54, 1.807) is 0 Å². The molecule has 0 aliphatic heterocycles. The second kappa shape index (κ2) is 9.55. The minimum Gasteiger partial charge on any atom is -0.398 e. The van der Waals surface area contributed by atoms with E-state index >= 15 is 0 Å². The van der Waals surface area contributed by atoms with Crippen molar-refractivity contribution in [2.24, 2.45) is 0 Å². The third kappa shape index (κ3) is 4.79. The number of fused-ring (bicyclic) bond motifs is 1. The maximum Gasteiger partial charge on any atom is 0.244 e.